The summed E-state index contributed by atoms with van der Waals surface area (Å²) in [5.41, 5.74) is 0. The Labute approximate surface area is 79.8 Å². The summed E-state index contributed by atoms with van der Waals surface area (Å²) in [5.74, 6) is -0.895. The van der Waals surface area contributed by atoms with E-state index in [1.165, 1.54) is 30.4 Å². The molecule has 0 saturated heterocycles. The number of nitrogens with zero attached hydrogens (tertiary/aromatic N) is 2. The number of aromatic carboxylic acids is 1. The van der Waals surface area contributed by atoms with Gasteiger partial charge in [-0.2, -0.15) is 0 Å². The van der Waals surface area contributed by atoms with Crippen molar-refractivity contribution < 1.29 is 9.90 Å². The van der Waals surface area contributed by atoms with Crippen LogP contribution >= 0.6 is 11.3 Å². The van der Waals surface area contributed by atoms with Crippen molar-refractivity contribution in [2.24, 2.45) is 0 Å². The van der Waals surface area contributed by atoms with Crippen LogP contribution < -0.4 is 4.90 Å². The van der Waals surface area contributed by atoms with E-state index in [-0.39, 0.29) is 0 Å². The molecule has 1 fully saturated rings. The standard InChI is InChI=1S/C8H10N2O2S/c1-10(5-2-3-5)8-9-4-6(13-8)7(11)12/h4-5H,2-3H2,1H3,(H,11,12). The van der Waals surface area contributed by atoms with Gasteiger partial charge in [0, 0.05) is 13.1 Å². The number of aromatic nitrogens is 1. The third kappa shape index (κ3) is 1.65. The van der Waals surface area contributed by atoms with E-state index in [1.54, 1.807) is 0 Å². The van der Waals surface area contributed by atoms with E-state index in [0.29, 0.717) is 10.9 Å². The average molecular weight is 198 g/mol. The molecule has 70 valence electrons. The second-order valence-electron chi connectivity index (χ2n) is 3.15. The zero-order valence-electron chi connectivity index (χ0n) is 7.23. The molecule has 0 atom stereocenters. The minimum atomic E-state index is -0.895. The highest BCUT2D eigenvalue weighted by Crippen LogP contribution is 2.32. The fourth-order valence-corrected chi connectivity index (χ4v) is 1.93. The number of rotatable bonds is 3. The van der Waals surface area contributed by atoms with Gasteiger partial charge in [0.15, 0.2) is 5.13 Å². The Kier molecular flexibility index (Phi) is 1.95. The van der Waals surface area contributed by atoms with Gasteiger partial charge in [0.05, 0.1) is 6.20 Å². The second-order valence-corrected chi connectivity index (χ2v) is 4.16. The SMILES string of the molecule is CN(c1ncc(C(=O)O)s1)C1CC1. The molecule has 0 radical (unpaired) electrons. The van der Waals surface area contributed by atoms with E-state index in [4.69, 9.17) is 5.11 Å². The Bertz CT molecular complexity index is 333. The van der Waals surface area contributed by atoms with Gasteiger partial charge in [-0.05, 0) is 12.8 Å². The summed E-state index contributed by atoms with van der Waals surface area (Å²) in [5, 5.41) is 9.49. The van der Waals surface area contributed by atoms with Gasteiger partial charge in [-0.25, -0.2) is 9.78 Å². The quantitative estimate of drug-likeness (QED) is 0.798. The Morgan fingerprint density at radius 1 is 1.77 bits per heavy atom. The van der Waals surface area contributed by atoms with Gasteiger partial charge in [-0.15, -0.1) is 0 Å². The lowest BCUT2D eigenvalue weighted by molar-refractivity contribution is 0.0702. The number of hydrogen-bond acceptors (Lipinski definition) is 4. The van der Waals surface area contributed by atoms with Crippen molar-refractivity contribution in [2.45, 2.75) is 18.9 Å². The molecule has 5 heteroatoms. The third-order valence-corrected chi connectivity index (χ3v) is 3.18. The molecule has 1 aromatic rings. The van der Waals surface area contributed by atoms with Crippen molar-refractivity contribution in [3.63, 3.8) is 0 Å². The highest BCUT2D eigenvalue weighted by Gasteiger charge is 2.28. The minimum Gasteiger partial charge on any atom is -0.477 e. The van der Waals surface area contributed by atoms with Crippen LogP contribution in [-0.2, 0) is 0 Å². The Hall–Kier alpha value is -1.10. The van der Waals surface area contributed by atoms with Crippen LogP contribution in [0, 0.1) is 0 Å². The summed E-state index contributed by atoms with van der Waals surface area (Å²) in [6.07, 6.45) is 3.80. The van der Waals surface area contributed by atoms with Gasteiger partial charge >= 0.3 is 5.97 Å². The summed E-state index contributed by atoms with van der Waals surface area (Å²) in [6, 6.07) is 0.577. The Morgan fingerprint density at radius 3 is 2.92 bits per heavy atom. The lowest BCUT2D eigenvalue weighted by atomic mass is 10.6. The molecule has 1 aliphatic rings. The number of carboxylic acids is 1. The summed E-state index contributed by atoms with van der Waals surface area (Å²) in [7, 11) is 1.96. The van der Waals surface area contributed by atoms with Crippen molar-refractivity contribution in [2.75, 3.05) is 11.9 Å². The van der Waals surface area contributed by atoms with Crippen molar-refractivity contribution in [1.29, 1.82) is 0 Å². The average Bonchev–Trinajstić information content (AvgIpc) is 2.81. The van der Waals surface area contributed by atoms with Crippen LogP contribution in [0.3, 0.4) is 0 Å². The minimum absolute atomic E-state index is 0.308. The van der Waals surface area contributed by atoms with Crippen LogP contribution in [0.4, 0.5) is 5.13 Å². The molecule has 0 aliphatic heterocycles. The van der Waals surface area contributed by atoms with E-state index in [1.807, 2.05) is 7.05 Å². The van der Waals surface area contributed by atoms with Crippen LogP contribution in [0.5, 0.6) is 0 Å². The van der Waals surface area contributed by atoms with Crippen molar-refractivity contribution in [1.82, 2.24) is 4.98 Å². The Morgan fingerprint density at radius 2 is 2.46 bits per heavy atom. The molecule has 1 N–H and O–H groups in total. The maximum absolute atomic E-state index is 10.6. The molecule has 4 nitrogen and oxygen atoms in total. The van der Waals surface area contributed by atoms with Crippen LogP contribution in [0.2, 0.25) is 0 Å². The summed E-state index contributed by atoms with van der Waals surface area (Å²) in [4.78, 5) is 17.0. The van der Waals surface area contributed by atoms with Gasteiger partial charge < -0.3 is 10.0 Å². The van der Waals surface area contributed by atoms with Crippen LogP contribution in [0.25, 0.3) is 0 Å². The molecule has 1 aliphatic carbocycles. The fourth-order valence-electron chi connectivity index (χ4n) is 1.14. The first kappa shape index (κ1) is 8.50. The van der Waals surface area contributed by atoms with E-state index >= 15 is 0 Å². The smallest absolute Gasteiger partial charge is 0.347 e. The summed E-state index contributed by atoms with van der Waals surface area (Å²) < 4.78 is 0. The van der Waals surface area contributed by atoms with Crippen LogP contribution in [0.15, 0.2) is 6.20 Å². The predicted molar refractivity (Wildman–Crippen MR) is 50.5 cm³/mol. The summed E-state index contributed by atoms with van der Waals surface area (Å²) in [6.45, 7) is 0. The molecule has 0 unspecified atom stereocenters. The van der Waals surface area contributed by atoms with E-state index in [0.717, 1.165) is 5.13 Å². The molecule has 0 aromatic carbocycles. The molecule has 0 amide bonds. The third-order valence-electron chi connectivity index (χ3n) is 2.10. The van der Waals surface area contributed by atoms with Crippen LogP contribution in [-0.4, -0.2) is 29.1 Å². The molecule has 0 spiro atoms. The molecule has 0 bridgehead atoms. The first-order valence-electron chi connectivity index (χ1n) is 4.10. The molecule has 2 rings (SSSR count). The number of carbonyl (C=O) groups is 1. The van der Waals surface area contributed by atoms with Gasteiger partial charge in [0.25, 0.3) is 0 Å². The first-order valence-corrected chi connectivity index (χ1v) is 4.92. The molecule has 13 heavy (non-hydrogen) atoms. The van der Waals surface area contributed by atoms with Crippen molar-refractivity contribution in [3.05, 3.63) is 11.1 Å². The normalized spacial score (nSPS) is 15.8. The molecule has 1 aromatic heterocycles. The predicted octanol–water partition coefficient (Wildman–Crippen LogP) is 1.44. The first-order chi connectivity index (χ1) is 6.18. The number of anilines is 1. The molecular formula is C8H10N2O2S. The maximum Gasteiger partial charge on any atom is 0.347 e. The van der Waals surface area contributed by atoms with Crippen LogP contribution in [0.1, 0.15) is 22.5 Å². The van der Waals surface area contributed by atoms with Gasteiger partial charge in [0.1, 0.15) is 4.88 Å². The van der Waals surface area contributed by atoms with E-state index < -0.39 is 5.97 Å². The number of hydrogen-bond donors (Lipinski definition) is 1. The van der Waals surface area contributed by atoms with Crippen molar-refractivity contribution in [3.8, 4) is 0 Å². The monoisotopic (exact) mass is 198 g/mol. The molecule has 1 heterocycles. The summed E-state index contributed by atoms with van der Waals surface area (Å²) >= 11 is 1.23. The maximum atomic E-state index is 10.6. The zero-order valence-corrected chi connectivity index (χ0v) is 8.04. The van der Waals surface area contributed by atoms with Gasteiger partial charge in [-0.1, -0.05) is 11.3 Å². The number of carboxylic acid groups (broad SMARTS) is 1. The topological polar surface area (TPSA) is 53.4 Å². The van der Waals surface area contributed by atoms with Crippen molar-refractivity contribution >= 4 is 22.4 Å². The fraction of sp³-hybridized carbons (Fsp3) is 0.500. The van der Waals surface area contributed by atoms with E-state index in [9.17, 15) is 4.79 Å². The highest BCUT2D eigenvalue weighted by atomic mass is 32.1. The molecular weight excluding hydrogens is 188 g/mol. The largest absolute Gasteiger partial charge is 0.477 e. The second kappa shape index (κ2) is 2.99. The van der Waals surface area contributed by atoms with E-state index in [2.05, 4.69) is 9.88 Å². The zero-order chi connectivity index (χ0) is 9.42. The Balaban J connectivity index is 2.16. The van der Waals surface area contributed by atoms with Gasteiger partial charge in [0.2, 0.25) is 0 Å². The lowest BCUT2D eigenvalue weighted by Gasteiger charge is -2.13. The number of thiazole rings is 1. The molecule has 1 saturated carbocycles. The lowest BCUT2D eigenvalue weighted by Crippen LogP contribution is -2.18. The van der Waals surface area contributed by atoms with Gasteiger partial charge in [-0.3, -0.25) is 0 Å². The highest BCUT2D eigenvalue weighted by molar-refractivity contribution is 7.17.